The molecule has 1 aromatic rings. The molecule has 0 unspecified atom stereocenters. The van der Waals surface area contributed by atoms with Crippen molar-refractivity contribution in [2.45, 2.75) is 20.3 Å². The van der Waals surface area contributed by atoms with Crippen LogP contribution in [0.5, 0.6) is 5.75 Å². The number of ether oxygens (including phenoxy) is 2. The van der Waals surface area contributed by atoms with Gasteiger partial charge in [0.05, 0.1) is 24.7 Å². The Bertz CT molecular complexity index is 580. The van der Waals surface area contributed by atoms with Gasteiger partial charge in [-0.05, 0) is 6.42 Å². The molecule has 2 heterocycles. The van der Waals surface area contributed by atoms with Crippen molar-refractivity contribution in [3.63, 3.8) is 0 Å². The van der Waals surface area contributed by atoms with E-state index in [1.54, 1.807) is 0 Å². The van der Waals surface area contributed by atoms with Crippen LogP contribution in [0.25, 0.3) is 0 Å². The van der Waals surface area contributed by atoms with Crippen molar-refractivity contribution in [2.75, 3.05) is 44.9 Å². The fourth-order valence-corrected chi connectivity index (χ4v) is 3.02. The van der Waals surface area contributed by atoms with Gasteiger partial charge in [0.15, 0.2) is 7.11 Å². The van der Waals surface area contributed by atoms with Crippen LogP contribution in [-0.2, 0) is 16.0 Å². The number of anilines is 1. The summed E-state index contributed by atoms with van der Waals surface area (Å²) < 4.78 is 11.3. The van der Waals surface area contributed by atoms with Crippen LogP contribution in [0.2, 0.25) is 0 Å². The minimum absolute atomic E-state index is 0.0749. The van der Waals surface area contributed by atoms with Crippen molar-refractivity contribution in [3.05, 3.63) is 22.6 Å². The minimum atomic E-state index is 0.0749. The van der Waals surface area contributed by atoms with Gasteiger partial charge >= 0.3 is 5.69 Å². The average molecular weight is 307 g/mol. The molecule has 6 heteroatoms. The molecule has 22 heavy (non-hydrogen) atoms. The molecule has 1 fully saturated rings. The quantitative estimate of drug-likeness (QED) is 0.803. The zero-order chi connectivity index (χ0) is 15.7. The zero-order valence-electron chi connectivity index (χ0n) is 13.4. The fraction of sp³-hybridized carbons (Fsp3) is 0.625. The van der Waals surface area contributed by atoms with Gasteiger partial charge < -0.3 is 14.4 Å². The Labute approximate surface area is 130 Å². The van der Waals surface area contributed by atoms with Crippen LogP contribution in [-0.4, -0.2) is 44.9 Å². The molecular weight excluding hydrogens is 284 g/mol. The molecule has 0 aromatic heterocycles. The molecule has 0 spiro atoms. The summed E-state index contributed by atoms with van der Waals surface area (Å²) in [6, 6.07) is 3.87. The third kappa shape index (κ3) is 2.88. The van der Waals surface area contributed by atoms with Crippen LogP contribution in [0.4, 0.5) is 11.4 Å². The van der Waals surface area contributed by atoms with Crippen LogP contribution in [0.3, 0.4) is 0 Å². The molecule has 1 saturated heterocycles. The van der Waals surface area contributed by atoms with E-state index in [0.717, 1.165) is 36.5 Å². The third-order valence-corrected chi connectivity index (χ3v) is 4.16. The van der Waals surface area contributed by atoms with Crippen molar-refractivity contribution in [1.82, 2.24) is 0 Å². The predicted molar refractivity (Wildman–Crippen MR) is 82.8 cm³/mol. The molecule has 0 N–H and O–H groups in total. The largest absolute Gasteiger partial charge is 0.493 e. The molecule has 120 valence electrons. The van der Waals surface area contributed by atoms with Crippen molar-refractivity contribution >= 4 is 11.4 Å². The summed E-state index contributed by atoms with van der Waals surface area (Å²) in [6.45, 7) is 7.86. The van der Waals surface area contributed by atoms with Gasteiger partial charge in [0, 0.05) is 36.2 Å². The van der Waals surface area contributed by atoms with Crippen molar-refractivity contribution in [3.8, 4) is 5.75 Å². The number of fused-ring (bicyclic) bond motifs is 1. The molecule has 0 radical (unpaired) electrons. The summed E-state index contributed by atoms with van der Waals surface area (Å²) in [5.41, 5.74) is 2.51. The predicted octanol–water partition coefficient (Wildman–Crippen LogP) is 2.46. The normalized spacial score (nSPS) is 20.0. The molecule has 1 aromatic carbocycles. The Balaban J connectivity index is 2.02. The van der Waals surface area contributed by atoms with E-state index in [4.69, 9.17) is 14.3 Å². The summed E-state index contributed by atoms with van der Waals surface area (Å²) >= 11 is 0. The van der Waals surface area contributed by atoms with E-state index in [-0.39, 0.29) is 5.41 Å². The fourth-order valence-electron chi connectivity index (χ4n) is 3.02. The maximum Gasteiger partial charge on any atom is 0.340 e. The van der Waals surface area contributed by atoms with Crippen LogP contribution in [0.15, 0.2) is 12.1 Å². The van der Waals surface area contributed by atoms with E-state index >= 15 is 0 Å². The second-order valence-corrected chi connectivity index (χ2v) is 6.62. The molecular formula is C16H23N2O4+. The number of hydrogen-bond donors (Lipinski definition) is 0. The molecule has 0 saturated carbocycles. The van der Waals surface area contributed by atoms with Crippen LogP contribution in [0, 0.1) is 10.3 Å². The highest BCUT2D eigenvalue weighted by atomic mass is 16.8. The van der Waals surface area contributed by atoms with Gasteiger partial charge in [-0.25, -0.2) is 4.84 Å². The third-order valence-electron chi connectivity index (χ3n) is 4.16. The molecule has 6 nitrogen and oxygen atoms in total. The monoisotopic (exact) mass is 307 g/mol. The van der Waals surface area contributed by atoms with E-state index in [2.05, 4.69) is 18.7 Å². The van der Waals surface area contributed by atoms with Gasteiger partial charge in [-0.2, -0.15) is 0 Å². The first kappa shape index (κ1) is 15.1. The lowest BCUT2D eigenvalue weighted by Crippen LogP contribution is -2.37. The van der Waals surface area contributed by atoms with Crippen LogP contribution < -0.4 is 9.64 Å². The van der Waals surface area contributed by atoms with Crippen LogP contribution >= 0.6 is 0 Å². The summed E-state index contributed by atoms with van der Waals surface area (Å²) in [4.78, 5) is 19.7. The topological polar surface area (TPSA) is 51.0 Å². The Morgan fingerprint density at radius 3 is 2.68 bits per heavy atom. The van der Waals surface area contributed by atoms with Gasteiger partial charge in [0.25, 0.3) is 4.92 Å². The molecule has 0 aliphatic carbocycles. The number of morpholine rings is 1. The lowest BCUT2D eigenvalue weighted by atomic mass is 9.84. The molecule has 0 bridgehead atoms. The van der Waals surface area contributed by atoms with Crippen molar-refractivity contribution in [1.29, 1.82) is 0 Å². The van der Waals surface area contributed by atoms with Gasteiger partial charge in [0.2, 0.25) is 0 Å². The maximum absolute atomic E-state index is 12.1. The highest BCUT2D eigenvalue weighted by molar-refractivity contribution is 5.68. The smallest absolute Gasteiger partial charge is 0.340 e. The van der Waals surface area contributed by atoms with E-state index in [1.807, 2.05) is 12.1 Å². The number of nitrogens with zero attached hydrogens (tertiary/aromatic N) is 2. The Morgan fingerprint density at radius 1 is 1.27 bits per heavy atom. The number of rotatable bonds is 3. The minimum Gasteiger partial charge on any atom is -0.493 e. The zero-order valence-corrected chi connectivity index (χ0v) is 13.4. The molecule has 2 aliphatic rings. The summed E-state index contributed by atoms with van der Waals surface area (Å²) in [7, 11) is 1.38. The van der Waals surface area contributed by atoms with Gasteiger partial charge in [-0.15, -0.1) is 0 Å². The van der Waals surface area contributed by atoms with Gasteiger partial charge in [-0.1, -0.05) is 13.8 Å². The summed E-state index contributed by atoms with van der Waals surface area (Å²) in [5.74, 6) is 0.870. The van der Waals surface area contributed by atoms with Crippen molar-refractivity contribution in [2.24, 2.45) is 5.41 Å². The van der Waals surface area contributed by atoms with Gasteiger partial charge in [-0.3, -0.25) is 0 Å². The Kier molecular flexibility index (Phi) is 3.95. The maximum atomic E-state index is 12.1. The summed E-state index contributed by atoms with van der Waals surface area (Å²) in [6.07, 6.45) is 0.885. The van der Waals surface area contributed by atoms with E-state index < -0.39 is 0 Å². The summed E-state index contributed by atoms with van der Waals surface area (Å²) in [5, 5.41) is 0. The highest BCUT2D eigenvalue weighted by Gasteiger charge is 2.33. The Hall–Kier alpha value is -1.82. The first-order chi connectivity index (χ1) is 10.5. The number of hydrogen-bond acceptors (Lipinski definition) is 5. The standard InChI is InChI=1S/C16H23N2O4/c1-16(2)10-12-8-14(18(19)20-3)13(9-15(12)22-11-16)17-4-6-21-7-5-17/h8-9H,4-7,10-11H2,1-3H3/q+1. The van der Waals surface area contributed by atoms with Crippen molar-refractivity contribution < 1.29 is 19.2 Å². The number of benzene rings is 1. The molecule has 3 rings (SSSR count). The highest BCUT2D eigenvalue weighted by Crippen LogP contribution is 2.41. The van der Waals surface area contributed by atoms with E-state index in [1.165, 1.54) is 7.11 Å². The van der Waals surface area contributed by atoms with Crippen LogP contribution in [0.1, 0.15) is 19.4 Å². The average Bonchev–Trinajstić information content (AvgIpc) is 2.53. The second-order valence-electron chi connectivity index (χ2n) is 6.62. The Morgan fingerprint density at radius 2 is 2.00 bits per heavy atom. The second kappa shape index (κ2) is 5.76. The molecule has 0 atom stereocenters. The van der Waals surface area contributed by atoms with Gasteiger partial charge in [0.1, 0.15) is 11.4 Å². The SMILES string of the molecule is CO[N+](=O)c1cc2c(cc1N1CCOCC1)OCC(C)(C)C2. The van der Waals surface area contributed by atoms with E-state index in [9.17, 15) is 4.91 Å². The van der Waals surface area contributed by atoms with E-state index in [0.29, 0.717) is 30.4 Å². The molecule has 0 amide bonds. The lowest BCUT2D eigenvalue weighted by Gasteiger charge is -2.33. The lowest BCUT2D eigenvalue weighted by molar-refractivity contribution is -0.736. The first-order valence-corrected chi connectivity index (χ1v) is 7.64. The first-order valence-electron chi connectivity index (χ1n) is 7.64. The molecule has 2 aliphatic heterocycles.